The molecule has 5 amide bonds. The molecule has 1 aromatic rings. The molecule has 0 spiro atoms. The number of likely N-dealkylation sites (tertiary alicyclic amines) is 1. The zero-order valence-electron chi connectivity index (χ0n) is 31.9. The Morgan fingerprint density at radius 3 is 2.12 bits per heavy atom. The van der Waals surface area contributed by atoms with Crippen LogP contribution in [-0.4, -0.2) is 97.0 Å². The Hall–Kier alpha value is -3.80. The fourth-order valence-corrected chi connectivity index (χ4v) is 6.96. The molecule has 6 atom stereocenters. The quantitative estimate of drug-likeness (QED) is 0.206. The minimum absolute atomic E-state index is 0.0704. The minimum Gasteiger partial charge on any atom is -0.347 e. The molecule has 12 nitrogen and oxygen atoms in total. The Morgan fingerprint density at radius 1 is 0.960 bits per heavy atom. The molecule has 1 aliphatic heterocycles. The number of amides is 5. The summed E-state index contributed by atoms with van der Waals surface area (Å²) in [5, 5.41) is 11.3. The number of rotatable bonds is 15. The van der Waals surface area contributed by atoms with Crippen molar-refractivity contribution in [2.24, 2.45) is 28.1 Å². The topological polar surface area (TPSA) is 157 Å². The van der Waals surface area contributed by atoms with E-state index in [0.29, 0.717) is 25.1 Å². The summed E-state index contributed by atoms with van der Waals surface area (Å²) >= 11 is 0. The lowest BCUT2D eigenvalue weighted by Gasteiger charge is -2.38. The van der Waals surface area contributed by atoms with Gasteiger partial charge in [0.2, 0.25) is 29.4 Å². The third-order valence-corrected chi connectivity index (χ3v) is 10.1. The van der Waals surface area contributed by atoms with Crippen LogP contribution in [0, 0.1) is 28.1 Å². The molecular formula is C38H60N6O6. The van der Waals surface area contributed by atoms with E-state index in [0.717, 1.165) is 6.42 Å². The van der Waals surface area contributed by atoms with E-state index in [9.17, 15) is 28.8 Å². The van der Waals surface area contributed by atoms with Crippen LogP contribution in [0.4, 0.5) is 0 Å². The maximum Gasteiger partial charge on any atom is 0.290 e. The van der Waals surface area contributed by atoms with Gasteiger partial charge in [0.25, 0.3) is 5.91 Å². The number of ketones is 1. The minimum atomic E-state index is -1.14. The smallest absolute Gasteiger partial charge is 0.290 e. The maximum absolute atomic E-state index is 14.2. The second-order valence-electron chi connectivity index (χ2n) is 17.0. The van der Waals surface area contributed by atoms with Gasteiger partial charge in [-0.15, -0.1) is 0 Å². The first-order valence-electron chi connectivity index (χ1n) is 17.8. The molecule has 3 rings (SSSR count). The van der Waals surface area contributed by atoms with Gasteiger partial charge in [-0.1, -0.05) is 99.1 Å². The third kappa shape index (κ3) is 9.92. The molecule has 1 saturated carbocycles. The first-order valence-corrected chi connectivity index (χ1v) is 17.8. The zero-order chi connectivity index (χ0) is 37.8. The number of nitrogens with zero attached hydrogens (tertiary/aromatic N) is 2. The first kappa shape index (κ1) is 40.6. The van der Waals surface area contributed by atoms with E-state index in [1.807, 2.05) is 27.7 Å². The van der Waals surface area contributed by atoms with Crippen molar-refractivity contribution in [3.8, 4) is 0 Å². The van der Waals surface area contributed by atoms with Crippen molar-refractivity contribution in [1.29, 1.82) is 0 Å². The van der Waals surface area contributed by atoms with Crippen LogP contribution < -0.4 is 21.3 Å². The average molecular weight is 697 g/mol. The van der Waals surface area contributed by atoms with Crippen molar-refractivity contribution in [1.82, 2.24) is 31.1 Å². The molecule has 12 heteroatoms. The van der Waals surface area contributed by atoms with Gasteiger partial charge in [-0.2, -0.15) is 0 Å². The average Bonchev–Trinajstić information content (AvgIpc) is 3.33. The van der Waals surface area contributed by atoms with Gasteiger partial charge in [-0.25, -0.2) is 0 Å². The molecule has 278 valence electrons. The molecular weight excluding hydrogens is 636 g/mol. The molecule has 0 bridgehead atoms. The van der Waals surface area contributed by atoms with Crippen LogP contribution in [0.25, 0.3) is 0 Å². The van der Waals surface area contributed by atoms with Crippen molar-refractivity contribution >= 4 is 35.3 Å². The molecule has 1 aromatic carbocycles. The summed E-state index contributed by atoms with van der Waals surface area (Å²) in [5.74, 6) is -3.42. The van der Waals surface area contributed by atoms with E-state index in [4.69, 9.17) is 0 Å². The maximum atomic E-state index is 14.2. The number of likely N-dealkylation sites (N-methyl/N-ethyl adjacent to an activating group) is 1. The lowest BCUT2D eigenvalue weighted by atomic mass is 9.84. The lowest BCUT2D eigenvalue weighted by Crippen LogP contribution is -2.60. The Bertz CT molecular complexity index is 1410. The predicted molar refractivity (Wildman–Crippen MR) is 192 cm³/mol. The van der Waals surface area contributed by atoms with Gasteiger partial charge in [0.05, 0.1) is 18.6 Å². The van der Waals surface area contributed by atoms with Crippen molar-refractivity contribution in [3.05, 3.63) is 35.9 Å². The number of hydrogen-bond acceptors (Lipinski definition) is 7. The molecule has 1 saturated heterocycles. The SMILES string of the molecule is CCCC(NC(=O)[C@@H]1[C@@H]2C(CN1C(=O)C(NCCC(C)(C)C)C(C)(C)C)C2(C)C)C(=O)C(=O)NCC(=O)N[C@H](C(=O)N(C)C)c1ccccc1. The molecule has 50 heavy (non-hydrogen) atoms. The van der Waals surface area contributed by atoms with Crippen LogP contribution in [0.15, 0.2) is 30.3 Å². The highest BCUT2D eigenvalue weighted by Gasteiger charge is 2.69. The van der Waals surface area contributed by atoms with Gasteiger partial charge in [0.15, 0.2) is 0 Å². The van der Waals surface area contributed by atoms with Crippen molar-refractivity contribution in [3.63, 3.8) is 0 Å². The van der Waals surface area contributed by atoms with Crippen LogP contribution in [0.5, 0.6) is 0 Å². The summed E-state index contributed by atoms with van der Waals surface area (Å²) in [6.07, 6.45) is 1.58. The molecule has 1 heterocycles. The Balaban J connectivity index is 1.71. The number of hydrogen-bond donors (Lipinski definition) is 4. The summed E-state index contributed by atoms with van der Waals surface area (Å²) in [6.45, 7) is 19.1. The van der Waals surface area contributed by atoms with E-state index in [-0.39, 0.29) is 40.9 Å². The van der Waals surface area contributed by atoms with Gasteiger partial charge in [-0.3, -0.25) is 28.8 Å². The lowest BCUT2D eigenvalue weighted by molar-refractivity contribution is -0.145. The molecule has 2 aliphatic rings. The normalized spacial score (nSPS) is 21.3. The van der Waals surface area contributed by atoms with Gasteiger partial charge >= 0.3 is 0 Å². The number of benzene rings is 1. The van der Waals surface area contributed by atoms with Crippen molar-refractivity contribution in [2.45, 2.75) is 106 Å². The number of Topliss-reactive ketones (excluding diaryl/α,β-unsaturated/α-hetero) is 1. The molecule has 0 aromatic heterocycles. The molecule has 0 radical (unpaired) electrons. The van der Waals surface area contributed by atoms with Crippen LogP contribution in [-0.2, 0) is 28.8 Å². The van der Waals surface area contributed by atoms with Crippen molar-refractivity contribution in [2.75, 3.05) is 33.7 Å². The van der Waals surface area contributed by atoms with E-state index < -0.39 is 59.6 Å². The molecule has 3 unspecified atom stereocenters. The Kier molecular flexibility index (Phi) is 13.0. The summed E-state index contributed by atoms with van der Waals surface area (Å²) < 4.78 is 0. The van der Waals surface area contributed by atoms with Gasteiger partial charge in [-0.05, 0) is 53.0 Å². The largest absolute Gasteiger partial charge is 0.347 e. The first-order chi connectivity index (χ1) is 23.1. The summed E-state index contributed by atoms with van der Waals surface area (Å²) in [5.41, 5.74) is 0.107. The molecule has 4 N–H and O–H groups in total. The van der Waals surface area contributed by atoms with Crippen LogP contribution in [0.1, 0.15) is 93.2 Å². The van der Waals surface area contributed by atoms with Gasteiger partial charge < -0.3 is 31.1 Å². The fourth-order valence-electron chi connectivity index (χ4n) is 6.96. The van der Waals surface area contributed by atoms with Crippen molar-refractivity contribution < 1.29 is 28.8 Å². The van der Waals surface area contributed by atoms with E-state index >= 15 is 0 Å². The summed E-state index contributed by atoms with van der Waals surface area (Å²) in [7, 11) is 3.15. The third-order valence-electron chi connectivity index (χ3n) is 10.1. The Labute approximate surface area is 298 Å². The van der Waals surface area contributed by atoms with Gasteiger partial charge in [0, 0.05) is 20.6 Å². The van der Waals surface area contributed by atoms with Gasteiger partial charge in [0.1, 0.15) is 12.1 Å². The van der Waals surface area contributed by atoms with Crippen LogP contribution in [0.2, 0.25) is 0 Å². The zero-order valence-corrected chi connectivity index (χ0v) is 31.9. The van der Waals surface area contributed by atoms with E-state index in [2.05, 4.69) is 55.9 Å². The number of carbonyl (C=O) groups excluding carboxylic acids is 6. The van der Waals surface area contributed by atoms with Crippen LogP contribution in [0.3, 0.4) is 0 Å². The van der Waals surface area contributed by atoms with Crippen LogP contribution >= 0.6 is 0 Å². The van der Waals surface area contributed by atoms with E-state index in [1.54, 1.807) is 49.3 Å². The highest BCUT2D eigenvalue weighted by Crippen LogP contribution is 2.65. The summed E-state index contributed by atoms with van der Waals surface area (Å²) in [6, 6.07) is 5.31. The number of nitrogens with one attached hydrogen (secondary N) is 4. The predicted octanol–water partition coefficient (Wildman–Crippen LogP) is 2.83. The monoisotopic (exact) mass is 696 g/mol. The molecule has 1 aliphatic carbocycles. The highest BCUT2D eigenvalue weighted by molar-refractivity contribution is 6.38. The summed E-state index contributed by atoms with van der Waals surface area (Å²) in [4.78, 5) is 83.3. The second kappa shape index (κ2) is 16.0. The highest BCUT2D eigenvalue weighted by atomic mass is 16.2. The second-order valence-corrected chi connectivity index (χ2v) is 17.0. The van der Waals surface area contributed by atoms with E-state index in [1.165, 1.54) is 4.90 Å². The number of fused-ring (bicyclic) bond motifs is 1. The standard InChI is InChI=1S/C38H60N6O6/c1-12-16-25(30(46)33(48)40-21-26(45)42-28(34(49)43(10)11)23-17-14-13-15-18-23)41-32(47)29-27-24(38(27,8)9)22-44(29)35(50)31(37(5,6)7)39-20-19-36(2,3)4/h13-15,17-18,24-25,27-29,31,39H,12,16,19-22H2,1-11H3,(H,40,48)(H,41,47)(H,42,45)/t24?,25?,27-,28-,29-,31?/m0/s1. The number of carbonyl (C=O) groups is 6. The number of piperidine rings is 1. The molecule has 2 fully saturated rings. The fraction of sp³-hybridized carbons (Fsp3) is 0.684. The Morgan fingerprint density at radius 2 is 1.58 bits per heavy atom.